The Labute approximate surface area is 142 Å². The number of fused-ring (bicyclic) bond motifs is 1. The zero-order valence-corrected chi connectivity index (χ0v) is 14.0. The van der Waals surface area contributed by atoms with Crippen molar-refractivity contribution in [1.29, 1.82) is 0 Å². The van der Waals surface area contributed by atoms with Gasteiger partial charge in [0.15, 0.2) is 6.29 Å². The summed E-state index contributed by atoms with van der Waals surface area (Å²) in [6.45, 7) is 3.72. The van der Waals surface area contributed by atoms with Crippen molar-refractivity contribution in [3.8, 4) is 11.1 Å². The Morgan fingerprint density at radius 3 is 2.40 bits per heavy atom. The number of aldehydes is 1. The summed E-state index contributed by atoms with van der Waals surface area (Å²) in [5.41, 5.74) is 0.539. The number of H-pyrrole nitrogens is 1. The van der Waals surface area contributed by atoms with Crippen LogP contribution in [0.25, 0.3) is 22.2 Å². The second-order valence-corrected chi connectivity index (χ2v) is 6.08. The molecule has 0 saturated heterocycles. The molecule has 0 spiro atoms. The third-order valence-electron chi connectivity index (χ3n) is 4.11. The first-order valence-corrected chi connectivity index (χ1v) is 7.73. The van der Waals surface area contributed by atoms with Crippen LogP contribution in [-0.4, -0.2) is 20.8 Å². The molecule has 0 aliphatic rings. The van der Waals surface area contributed by atoms with E-state index in [0.717, 1.165) is 0 Å². The third kappa shape index (κ3) is 2.67. The number of nitrogens with zero attached hydrogens (tertiary/aromatic N) is 2. The number of benzene rings is 1. The first-order chi connectivity index (χ1) is 11.8. The number of aromatic nitrogens is 3. The smallest absolute Gasteiger partial charge is 0.298 e. The summed E-state index contributed by atoms with van der Waals surface area (Å²) in [6.07, 6.45) is 0.644. The monoisotopic (exact) mass is 341 g/mol. The van der Waals surface area contributed by atoms with E-state index in [2.05, 4.69) is 9.97 Å². The molecule has 0 radical (unpaired) electrons. The first-order valence-electron chi connectivity index (χ1n) is 7.73. The van der Waals surface area contributed by atoms with Gasteiger partial charge in [-0.05, 0) is 23.6 Å². The standard InChI is InChI=1S/C18H16FN3O3/c1-9(2)15-12(8-23)13(10-4-6-11(19)7-5-10)14-16(20-15)22(3)18(25)21-17(14)24/h4-9H,1-3H3,(H,21,24,25). The van der Waals surface area contributed by atoms with Crippen LogP contribution >= 0.6 is 0 Å². The van der Waals surface area contributed by atoms with E-state index in [4.69, 9.17) is 0 Å². The summed E-state index contributed by atoms with van der Waals surface area (Å²) in [4.78, 5) is 42.8. The molecule has 1 N–H and O–H groups in total. The van der Waals surface area contributed by atoms with Crippen molar-refractivity contribution in [3.63, 3.8) is 0 Å². The van der Waals surface area contributed by atoms with Crippen LogP contribution < -0.4 is 11.2 Å². The minimum absolute atomic E-state index is 0.113. The van der Waals surface area contributed by atoms with E-state index in [1.165, 1.54) is 35.9 Å². The van der Waals surface area contributed by atoms with Gasteiger partial charge >= 0.3 is 5.69 Å². The predicted octanol–water partition coefficient (Wildman–Crippen LogP) is 2.36. The fourth-order valence-electron chi connectivity index (χ4n) is 2.88. The number of hydrogen-bond acceptors (Lipinski definition) is 4. The van der Waals surface area contributed by atoms with Crippen molar-refractivity contribution < 1.29 is 9.18 Å². The molecule has 6 nitrogen and oxygen atoms in total. The number of pyridine rings is 1. The minimum Gasteiger partial charge on any atom is -0.298 e. The van der Waals surface area contributed by atoms with Gasteiger partial charge < -0.3 is 0 Å². The maximum Gasteiger partial charge on any atom is 0.329 e. The zero-order valence-electron chi connectivity index (χ0n) is 14.0. The van der Waals surface area contributed by atoms with E-state index in [0.29, 0.717) is 23.1 Å². The molecule has 3 rings (SSSR count). The summed E-state index contributed by atoms with van der Waals surface area (Å²) in [6, 6.07) is 5.49. The molecule has 0 saturated carbocycles. The maximum atomic E-state index is 13.3. The minimum atomic E-state index is -0.636. The Hall–Kier alpha value is -3.09. The number of nitrogens with one attached hydrogen (secondary N) is 1. The van der Waals surface area contributed by atoms with Crippen molar-refractivity contribution in [3.05, 3.63) is 62.2 Å². The van der Waals surface area contributed by atoms with Gasteiger partial charge in [-0.15, -0.1) is 0 Å². The van der Waals surface area contributed by atoms with E-state index in [1.54, 1.807) is 0 Å². The van der Waals surface area contributed by atoms with E-state index in [9.17, 15) is 18.8 Å². The number of rotatable bonds is 3. The highest BCUT2D eigenvalue weighted by molar-refractivity contribution is 6.02. The fourth-order valence-corrected chi connectivity index (χ4v) is 2.88. The van der Waals surface area contributed by atoms with Crippen LogP contribution in [0.1, 0.15) is 35.8 Å². The Bertz CT molecular complexity index is 1100. The van der Waals surface area contributed by atoms with Crippen molar-refractivity contribution in [1.82, 2.24) is 14.5 Å². The molecular weight excluding hydrogens is 325 g/mol. The Kier molecular flexibility index (Phi) is 4.08. The topological polar surface area (TPSA) is 84.8 Å². The molecule has 3 aromatic rings. The van der Waals surface area contributed by atoms with E-state index < -0.39 is 17.1 Å². The molecule has 2 heterocycles. The van der Waals surface area contributed by atoms with Gasteiger partial charge in [-0.3, -0.25) is 19.1 Å². The first kappa shape index (κ1) is 16.8. The molecule has 0 amide bonds. The van der Waals surface area contributed by atoms with E-state index >= 15 is 0 Å². The van der Waals surface area contributed by atoms with Crippen LogP contribution in [-0.2, 0) is 7.05 Å². The molecule has 2 aromatic heterocycles. The van der Waals surface area contributed by atoms with Crippen LogP contribution in [0.15, 0.2) is 33.9 Å². The fraction of sp³-hybridized carbons (Fsp3) is 0.222. The number of aromatic amines is 1. The molecule has 0 bridgehead atoms. The maximum absolute atomic E-state index is 13.3. The lowest BCUT2D eigenvalue weighted by molar-refractivity contribution is 0.112. The molecule has 0 fully saturated rings. The average Bonchev–Trinajstić information content (AvgIpc) is 2.58. The van der Waals surface area contributed by atoms with Crippen LogP contribution in [0.3, 0.4) is 0 Å². The normalized spacial score (nSPS) is 11.2. The van der Waals surface area contributed by atoms with Crippen molar-refractivity contribution >= 4 is 17.3 Å². The van der Waals surface area contributed by atoms with Gasteiger partial charge in [0, 0.05) is 18.2 Å². The van der Waals surface area contributed by atoms with Gasteiger partial charge in [-0.1, -0.05) is 26.0 Å². The second-order valence-electron chi connectivity index (χ2n) is 6.08. The zero-order chi connectivity index (χ0) is 18.3. The van der Waals surface area contributed by atoms with Gasteiger partial charge in [0.2, 0.25) is 0 Å². The lowest BCUT2D eigenvalue weighted by atomic mass is 9.93. The summed E-state index contributed by atoms with van der Waals surface area (Å²) < 4.78 is 14.5. The number of aryl methyl sites for hydroxylation is 1. The molecule has 1 aromatic carbocycles. The van der Waals surface area contributed by atoms with Gasteiger partial charge in [-0.2, -0.15) is 0 Å². The average molecular weight is 341 g/mol. The Balaban J connectivity index is 2.62. The molecule has 0 unspecified atom stereocenters. The van der Waals surface area contributed by atoms with Crippen LogP contribution in [0, 0.1) is 5.82 Å². The molecule has 0 atom stereocenters. The Morgan fingerprint density at radius 1 is 1.20 bits per heavy atom. The summed E-state index contributed by atoms with van der Waals surface area (Å²) >= 11 is 0. The SMILES string of the molecule is CC(C)c1nc2c(c(-c3ccc(F)cc3)c1C=O)c(=O)[nH]c(=O)n2C. The third-order valence-corrected chi connectivity index (χ3v) is 4.11. The molecule has 0 aliphatic heterocycles. The molecular formula is C18H16FN3O3. The summed E-state index contributed by atoms with van der Waals surface area (Å²) in [5.74, 6) is -0.543. The second kappa shape index (κ2) is 6.08. The number of carbonyl (C=O) groups excluding carboxylic acids is 1. The lowest BCUT2D eigenvalue weighted by Gasteiger charge is -2.16. The predicted molar refractivity (Wildman–Crippen MR) is 92.5 cm³/mol. The molecule has 128 valence electrons. The van der Waals surface area contributed by atoms with Crippen LogP contribution in [0.4, 0.5) is 4.39 Å². The van der Waals surface area contributed by atoms with Crippen LogP contribution in [0.2, 0.25) is 0 Å². The summed E-state index contributed by atoms with van der Waals surface area (Å²) in [5, 5.41) is 0.125. The van der Waals surface area contributed by atoms with Crippen molar-refractivity contribution in [2.75, 3.05) is 0 Å². The van der Waals surface area contributed by atoms with Gasteiger partial charge in [-0.25, -0.2) is 14.2 Å². The number of halogens is 1. The molecule has 25 heavy (non-hydrogen) atoms. The lowest BCUT2D eigenvalue weighted by Crippen LogP contribution is -2.30. The van der Waals surface area contributed by atoms with Gasteiger partial charge in [0.1, 0.15) is 11.5 Å². The number of hydrogen-bond donors (Lipinski definition) is 1. The highest BCUT2D eigenvalue weighted by Crippen LogP contribution is 2.32. The van der Waals surface area contributed by atoms with E-state index in [1.807, 2.05) is 13.8 Å². The van der Waals surface area contributed by atoms with E-state index in [-0.39, 0.29) is 22.5 Å². The quantitative estimate of drug-likeness (QED) is 0.741. The summed E-state index contributed by atoms with van der Waals surface area (Å²) in [7, 11) is 1.49. The van der Waals surface area contributed by atoms with Gasteiger partial charge in [0.05, 0.1) is 11.1 Å². The van der Waals surface area contributed by atoms with Crippen LogP contribution in [0.5, 0.6) is 0 Å². The highest BCUT2D eigenvalue weighted by Gasteiger charge is 2.22. The van der Waals surface area contributed by atoms with Gasteiger partial charge in [0.25, 0.3) is 5.56 Å². The number of carbonyl (C=O) groups is 1. The van der Waals surface area contributed by atoms with Crippen molar-refractivity contribution in [2.24, 2.45) is 7.05 Å². The highest BCUT2D eigenvalue weighted by atomic mass is 19.1. The molecule has 0 aliphatic carbocycles. The molecule has 7 heteroatoms. The Morgan fingerprint density at radius 2 is 1.84 bits per heavy atom. The van der Waals surface area contributed by atoms with Crippen molar-refractivity contribution in [2.45, 2.75) is 19.8 Å². The largest absolute Gasteiger partial charge is 0.329 e.